The normalized spacial score (nSPS) is 12.0. The third kappa shape index (κ3) is 8.23. The highest BCUT2D eigenvalue weighted by atomic mass is 32.2. The van der Waals surface area contributed by atoms with Crippen molar-refractivity contribution in [3.63, 3.8) is 0 Å². The summed E-state index contributed by atoms with van der Waals surface area (Å²) in [6, 6.07) is 0. The van der Waals surface area contributed by atoms with Gasteiger partial charge in [-0.3, -0.25) is 0 Å². The minimum atomic E-state index is -2.89. The van der Waals surface area contributed by atoms with E-state index in [1.54, 1.807) is 0 Å². The average molecular weight is 220 g/mol. The summed E-state index contributed by atoms with van der Waals surface area (Å²) >= 11 is 0. The summed E-state index contributed by atoms with van der Waals surface area (Å²) in [5.74, 6) is 0.796. The summed E-state index contributed by atoms with van der Waals surface area (Å²) in [7, 11) is -2.89. The first kappa shape index (κ1) is 13.6. The lowest BCUT2D eigenvalue weighted by atomic mass is 10.2. The largest absolute Gasteiger partial charge is 0.300 e. The average Bonchev–Trinajstić information content (AvgIpc) is 1.95. The molecule has 0 rings (SSSR count). The Bertz CT molecular complexity index is 265. The van der Waals surface area contributed by atoms with Crippen LogP contribution in [0.15, 0.2) is 0 Å². The number of ketones is 1. The van der Waals surface area contributed by atoms with Gasteiger partial charge in [-0.15, -0.1) is 0 Å². The molecule has 14 heavy (non-hydrogen) atoms. The Labute approximate surface area is 86.8 Å². The molecule has 0 amide bonds. The molecule has 0 unspecified atom stereocenters. The molecule has 0 aliphatic carbocycles. The van der Waals surface area contributed by atoms with Crippen molar-refractivity contribution in [3.05, 3.63) is 0 Å². The van der Waals surface area contributed by atoms with Crippen LogP contribution in [0.1, 0.15) is 40.0 Å². The second-order valence-electron chi connectivity index (χ2n) is 4.17. The van der Waals surface area contributed by atoms with Crippen molar-refractivity contribution in [2.24, 2.45) is 5.92 Å². The van der Waals surface area contributed by atoms with E-state index in [1.165, 1.54) is 6.92 Å². The molecule has 4 heteroatoms. The van der Waals surface area contributed by atoms with E-state index in [1.807, 2.05) is 13.8 Å². The Morgan fingerprint density at radius 3 is 2.21 bits per heavy atom. The van der Waals surface area contributed by atoms with Crippen LogP contribution >= 0.6 is 0 Å². The predicted octanol–water partition coefficient (Wildman–Crippen LogP) is 1.82. The number of hydrogen-bond acceptors (Lipinski definition) is 3. The van der Waals surface area contributed by atoms with E-state index in [0.717, 1.165) is 0 Å². The topological polar surface area (TPSA) is 51.2 Å². The van der Waals surface area contributed by atoms with Gasteiger partial charge in [-0.2, -0.15) is 0 Å². The smallest absolute Gasteiger partial charge is 0.150 e. The van der Waals surface area contributed by atoms with Gasteiger partial charge in [0.2, 0.25) is 0 Å². The quantitative estimate of drug-likeness (QED) is 0.615. The molecule has 0 bridgehead atoms. The SMILES string of the molecule is CC(=O)CCCCS(=O)(=O)CC(C)C. The maximum absolute atomic E-state index is 11.4. The summed E-state index contributed by atoms with van der Waals surface area (Å²) in [4.78, 5) is 10.6. The zero-order chi connectivity index (χ0) is 11.2. The summed E-state index contributed by atoms with van der Waals surface area (Å²) < 4.78 is 22.8. The molecular formula is C10H20O3S. The van der Waals surface area contributed by atoms with Gasteiger partial charge in [0, 0.05) is 6.42 Å². The first-order chi connectivity index (χ1) is 6.33. The molecule has 0 aromatic heterocycles. The van der Waals surface area contributed by atoms with Crippen molar-refractivity contribution in [3.8, 4) is 0 Å². The standard InChI is InChI=1S/C10H20O3S/c1-9(2)8-14(12,13)7-5-4-6-10(3)11/h9H,4-8H2,1-3H3. The Balaban J connectivity index is 3.72. The molecule has 3 nitrogen and oxygen atoms in total. The molecule has 0 saturated carbocycles. The van der Waals surface area contributed by atoms with Crippen molar-refractivity contribution < 1.29 is 13.2 Å². The van der Waals surface area contributed by atoms with E-state index < -0.39 is 9.84 Å². The lowest BCUT2D eigenvalue weighted by molar-refractivity contribution is -0.117. The summed E-state index contributed by atoms with van der Waals surface area (Å²) in [6.07, 6.45) is 1.79. The molecule has 0 heterocycles. The first-order valence-corrected chi connectivity index (χ1v) is 6.85. The van der Waals surface area contributed by atoms with Gasteiger partial charge in [0.1, 0.15) is 5.78 Å². The fourth-order valence-corrected chi connectivity index (χ4v) is 3.11. The van der Waals surface area contributed by atoms with Crippen molar-refractivity contribution >= 4 is 15.6 Å². The molecule has 0 atom stereocenters. The van der Waals surface area contributed by atoms with E-state index in [9.17, 15) is 13.2 Å². The van der Waals surface area contributed by atoms with Gasteiger partial charge in [0.25, 0.3) is 0 Å². The third-order valence-electron chi connectivity index (χ3n) is 1.82. The Morgan fingerprint density at radius 2 is 1.79 bits per heavy atom. The predicted molar refractivity (Wildman–Crippen MR) is 58.0 cm³/mol. The van der Waals surface area contributed by atoms with E-state index in [4.69, 9.17) is 0 Å². The van der Waals surface area contributed by atoms with Crippen LogP contribution in [0.2, 0.25) is 0 Å². The highest BCUT2D eigenvalue weighted by Crippen LogP contribution is 2.05. The third-order valence-corrected chi connectivity index (χ3v) is 3.91. The van der Waals surface area contributed by atoms with Crippen molar-refractivity contribution in [1.29, 1.82) is 0 Å². The second-order valence-corrected chi connectivity index (χ2v) is 6.40. The van der Waals surface area contributed by atoms with Gasteiger partial charge < -0.3 is 4.79 Å². The van der Waals surface area contributed by atoms with Crippen LogP contribution in [-0.2, 0) is 14.6 Å². The molecule has 84 valence electrons. The minimum absolute atomic E-state index is 0.131. The minimum Gasteiger partial charge on any atom is -0.300 e. The van der Waals surface area contributed by atoms with Gasteiger partial charge in [-0.25, -0.2) is 8.42 Å². The number of carbonyl (C=O) groups is 1. The van der Waals surface area contributed by atoms with E-state index in [2.05, 4.69) is 0 Å². The molecule has 0 saturated heterocycles. The van der Waals surface area contributed by atoms with Crippen LogP contribution in [0, 0.1) is 5.92 Å². The highest BCUT2D eigenvalue weighted by Gasteiger charge is 2.12. The summed E-state index contributed by atoms with van der Waals surface area (Å²) in [6.45, 7) is 5.32. The maximum atomic E-state index is 11.4. The van der Waals surface area contributed by atoms with E-state index in [-0.39, 0.29) is 23.2 Å². The van der Waals surface area contributed by atoms with Crippen molar-refractivity contribution in [2.45, 2.75) is 40.0 Å². The van der Waals surface area contributed by atoms with Crippen LogP contribution in [0.25, 0.3) is 0 Å². The number of carbonyl (C=O) groups excluding carboxylic acids is 1. The lowest BCUT2D eigenvalue weighted by Crippen LogP contribution is -2.15. The Morgan fingerprint density at radius 1 is 1.21 bits per heavy atom. The fourth-order valence-electron chi connectivity index (χ4n) is 1.29. The number of rotatable bonds is 7. The van der Waals surface area contributed by atoms with E-state index >= 15 is 0 Å². The molecule has 0 spiro atoms. The van der Waals surface area contributed by atoms with Gasteiger partial charge in [-0.05, 0) is 25.7 Å². The number of Topliss-reactive ketones (excluding diaryl/α,β-unsaturated/α-hetero) is 1. The molecule has 0 aliphatic rings. The molecule has 0 aromatic carbocycles. The molecule has 0 fully saturated rings. The van der Waals surface area contributed by atoms with Gasteiger partial charge >= 0.3 is 0 Å². The van der Waals surface area contributed by atoms with Crippen molar-refractivity contribution in [2.75, 3.05) is 11.5 Å². The molecule has 0 radical (unpaired) electrons. The fraction of sp³-hybridized carbons (Fsp3) is 0.900. The Kier molecular flexibility index (Phi) is 6.00. The maximum Gasteiger partial charge on any atom is 0.150 e. The monoisotopic (exact) mass is 220 g/mol. The van der Waals surface area contributed by atoms with Crippen LogP contribution in [0.4, 0.5) is 0 Å². The second kappa shape index (κ2) is 6.17. The zero-order valence-electron chi connectivity index (χ0n) is 9.25. The molecule has 0 N–H and O–H groups in total. The first-order valence-electron chi connectivity index (χ1n) is 5.03. The lowest BCUT2D eigenvalue weighted by Gasteiger charge is -2.05. The van der Waals surface area contributed by atoms with Gasteiger partial charge in [0.15, 0.2) is 9.84 Å². The number of hydrogen-bond donors (Lipinski definition) is 0. The van der Waals surface area contributed by atoms with E-state index in [0.29, 0.717) is 19.3 Å². The van der Waals surface area contributed by atoms with Crippen LogP contribution < -0.4 is 0 Å². The summed E-state index contributed by atoms with van der Waals surface area (Å²) in [5.41, 5.74) is 0. The van der Waals surface area contributed by atoms with Crippen molar-refractivity contribution in [1.82, 2.24) is 0 Å². The molecule has 0 aliphatic heterocycles. The van der Waals surface area contributed by atoms with Gasteiger partial charge in [-0.1, -0.05) is 13.8 Å². The zero-order valence-corrected chi connectivity index (χ0v) is 10.1. The molecule has 0 aromatic rings. The van der Waals surface area contributed by atoms with Gasteiger partial charge in [0.05, 0.1) is 11.5 Å². The Hall–Kier alpha value is -0.380. The summed E-state index contributed by atoms with van der Waals surface area (Å²) in [5, 5.41) is 0. The van der Waals surface area contributed by atoms with Crippen LogP contribution in [0.3, 0.4) is 0 Å². The van der Waals surface area contributed by atoms with Crippen LogP contribution in [0.5, 0.6) is 0 Å². The number of unbranched alkanes of at least 4 members (excludes halogenated alkanes) is 1. The highest BCUT2D eigenvalue weighted by molar-refractivity contribution is 7.91. The van der Waals surface area contributed by atoms with Crippen LogP contribution in [-0.4, -0.2) is 25.7 Å². The number of sulfone groups is 1. The molecular weight excluding hydrogens is 200 g/mol.